The Balaban J connectivity index is 1.66. The van der Waals surface area contributed by atoms with E-state index in [4.69, 9.17) is 28.2 Å². The van der Waals surface area contributed by atoms with Crippen molar-refractivity contribution in [1.82, 2.24) is 4.90 Å². The van der Waals surface area contributed by atoms with E-state index in [1.54, 1.807) is 0 Å². The van der Waals surface area contributed by atoms with Crippen molar-refractivity contribution < 1.29 is 0 Å². The first-order valence-electron chi connectivity index (χ1n) is 8.00. The summed E-state index contributed by atoms with van der Waals surface area (Å²) in [7, 11) is 0. The average molecular weight is 321 g/mol. The van der Waals surface area contributed by atoms with Crippen molar-refractivity contribution in [2.75, 3.05) is 0 Å². The fraction of sp³-hybridized carbons (Fsp3) is 0.588. The summed E-state index contributed by atoms with van der Waals surface area (Å²) in [4.78, 5) is 7.60. The van der Waals surface area contributed by atoms with Crippen LogP contribution in [-0.4, -0.2) is 16.8 Å². The third kappa shape index (κ3) is 1.88. The van der Waals surface area contributed by atoms with Gasteiger partial charge in [-0.15, -0.1) is 0 Å². The monoisotopic (exact) mass is 320 g/mol. The van der Waals surface area contributed by atoms with Crippen molar-refractivity contribution in [2.45, 2.75) is 44.7 Å². The van der Waals surface area contributed by atoms with Crippen LogP contribution in [-0.2, 0) is 6.54 Å². The first kappa shape index (κ1) is 12.8. The molecule has 6 rings (SSSR count). The van der Waals surface area contributed by atoms with Crippen molar-refractivity contribution in [3.8, 4) is 0 Å². The molecule has 5 aliphatic rings. The minimum atomic E-state index is 0.659. The van der Waals surface area contributed by atoms with Gasteiger partial charge in [0.15, 0.2) is 0 Å². The highest BCUT2D eigenvalue weighted by Gasteiger charge is 2.46. The summed E-state index contributed by atoms with van der Waals surface area (Å²) in [5, 5.41) is 1.46. The van der Waals surface area contributed by atoms with Crippen LogP contribution in [0.1, 0.15) is 37.7 Å². The van der Waals surface area contributed by atoms with E-state index in [9.17, 15) is 0 Å². The molecule has 1 aromatic rings. The standard InChI is InChI=1S/C17H18Cl2N2/c18-12-6-15(19)14-8-21-13-4-9-1-10(5-13)3-11(2-9)17(21)20-16(14)7-12/h6-7,9-11,13H,1-5,8H2. The Labute approximate surface area is 135 Å². The maximum atomic E-state index is 6.42. The van der Waals surface area contributed by atoms with Gasteiger partial charge in [0.05, 0.1) is 5.69 Å². The van der Waals surface area contributed by atoms with Crippen molar-refractivity contribution in [3.63, 3.8) is 0 Å². The minimum Gasteiger partial charge on any atom is -0.352 e. The molecule has 2 unspecified atom stereocenters. The third-order valence-electron chi connectivity index (χ3n) is 5.91. The van der Waals surface area contributed by atoms with E-state index in [0.717, 1.165) is 34.7 Å². The van der Waals surface area contributed by atoms with E-state index in [2.05, 4.69) is 4.90 Å². The summed E-state index contributed by atoms with van der Waals surface area (Å²) < 4.78 is 0. The van der Waals surface area contributed by atoms with Gasteiger partial charge in [0, 0.05) is 34.1 Å². The molecule has 2 nitrogen and oxygen atoms in total. The second-order valence-corrected chi connectivity index (χ2v) is 8.09. The molecule has 0 N–H and O–H groups in total. The smallest absolute Gasteiger partial charge is 0.108 e. The number of halogens is 2. The van der Waals surface area contributed by atoms with E-state index in [-0.39, 0.29) is 0 Å². The van der Waals surface area contributed by atoms with E-state index >= 15 is 0 Å². The SMILES string of the molecule is Clc1cc(Cl)c2c(c1)N=C1C3CC4CC(C3)CC(C4)N1C2. The number of aliphatic imine (C=N–C) groups is 1. The molecule has 2 saturated carbocycles. The summed E-state index contributed by atoms with van der Waals surface area (Å²) in [5.41, 5.74) is 2.16. The molecule has 110 valence electrons. The van der Waals surface area contributed by atoms with Crippen LogP contribution in [0.4, 0.5) is 5.69 Å². The largest absolute Gasteiger partial charge is 0.352 e. The predicted octanol–water partition coefficient (Wildman–Crippen LogP) is 5.05. The first-order valence-corrected chi connectivity index (χ1v) is 8.76. The Morgan fingerprint density at radius 2 is 1.76 bits per heavy atom. The maximum Gasteiger partial charge on any atom is 0.108 e. The normalized spacial score (nSPS) is 36.1. The maximum absolute atomic E-state index is 6.42. The van der Waals surface area contributed by atoms with Crippen molar-refractivity contribution in [3.05, 3.63) is 27.7 Å². The van der Waals surface area contributed by atoms with Crippen LogP contribution in [0, 0.1) is 17.8 Å². The topological polar surface area (TPSA) is 15.6 Å². The molecule has 4 fully saturated rings. The van der Waals surface area contributed by atoms with Gasteiger partial charge in [-0.25, -0.2) is 4.99 Å². The molecule has 3 heterocycles. The van der Waals surface area contributed by atoms with Gasteiger partial charge in [0.2, 0.25) is 0 Å². The number of hydrogen-bond donors (Lipinski definition) is 0. The Morgan fingerprint density at radius 3 is 2.52 bits per heavy atom. The molecule has 2 atom stereocenters. The Bertz CT molecular complexity index is 640. The molecule has 0 amide bonds. The molecule has 21 heavy (non-hydrogen) atoms. The molecule has 4 heteroatoms. The van der Waals surface area contributed by atoms with Crippen LogP contribution in [0.5, 0.6) is 0 Å². The van der Waals surface area contributed by atoms with E-state index in [1.165, 1.54) is 37.9 Å². The van der Waals surface area contributed by atoms with Crippen molar-refractivity contribution in [2.24, 2.45) is 22.7 Å². The second kappa shape index (κ2) is 4.39. The van der Waals surface area contributed by atoms with Crippen LogP contribution < -0.4 is 0 Å². The number of fused-ring (bicyclic) bond motifs is 1. The molecule has 0 radical (unpaired) electrons. The molecule has 0 aromatic heterocycles. The minimum absolute atomic E-state index is 0.659. The van der Waals surface area contributed by atoms with Gasteiger partial charge >= 0.3 is 0 Å². The summed E-state index contributed by atoms with van der Waals surface area (Å²) in [5.74, 6) is 3.83. The van der Waals surface area contributed by atoms with E-state index in [0.29, 0.717) is 17.0 Å². The molecule has 2 saturated heterocycles. The number of benzene rings is 1. The fourth-order valence-corrected chi connectivity index (χ4v) is 5.75. The molecule has 2 aliphatic carbocycles. The lowest BCUT2D eigenvalue weighted by molar-refractivity contribution is 0.128. The van der Waals surface area contributed by atoms with Gasteiger partial charge in [-0.3, -0.25) is 0 Å². The Hall–Kier alpha value is -0.730. The first-order chi connectivity index (χ1) is 10.2. The Kier molecular flexibility index (Phi) is 2.67. The zero-order valence-electron chi connectivity index (χ0n) is 11.9. The third-order valence-corrected chi connectivity index (χ3v) is 6.47. The predicted molar refractivity (Wildman–Crippen MR) is 86.4 cm³/mol. The summed E-state index contributed by atoms with van der Waals surface area (Å²) in [6, 6.07) is 4.51. The fourth-order valence-electron chi connectivity index (χ4n) is 5.21. The highest BCUT2D eigenvalue weighted by atomic mass is 35.5. The average Bonchev–Trinajstić information content (AvgIpc) is 2.59. The van der Waals surface area contributed by atoms with Crippen LogP contribution in [0.25, 0.3) is 0 Å². The number of rotatable bonds is 0. The molecular weight excluding hydrogens is 303 g/mol. The van der Waals surface area contributed by atoms with Crippen LogP contribution in [0.2, 0.25) is 10.0 Å². The van der Waals surface area contributed by atoms with Crippen LogP contribution in [0.15, 0.2) is 17.1 Å². The zero-order valence-corrected chi connectivity index (χ0v) is 13.4. The summed E-state index contributed by atoms with van der Waals surface area (Å²) >= 11 is 12.6. The van der Waals surface area contributed by atoms with E-state index in [1.807, 2.05) is 12.1 Å². The lowest BCUT2D eigenvalue weighted by Crippen LogP contribution is -2.42. The lowest BCUT2D eigenvalue weighted by Gasteiger charge is -2.39. The number of nitrogens with zero attached hydrogens (tertiary/aromatic N) is 2. The molecule has 0 spiro atoms. The summed E-state index contributed by atoms with van der Waals surface area (Å²) in [6.07, 6.45) is 6.84. The summed E-state index contributed by atoms with van der Waals surface area (Å²) in [6.45, 7) is 0.921. The number of hydrogen-bond acceptors (Lipinski definition) is 2. The van der Waals surface area contributed by atoms with Crippen LogP contribution in [0.3, 0.4) is 0 Å². The van der Waals surface area contributed by atoms with Crippen molar-refractivity contribution in [1.29, 1.82) is 0 Å². The van der Waals surface area contributed by atoms with Crippen molar-refractivity contribution >= 4 is 34.7 Å². The van der Waals surface area contributed by atoms with Gasteiger partial charge in [0.1, 0.15) is 5.84 Å². The van der Waals surface area contributed by atoms with Gasteiger partial charge in [-0.2, -0.15) is 0 Å². The van der Waals surface area contributed by atoms with E-state index < -0.39 is 0 Å². The van der Waals surface area contributed by atoms with Gasteiger partial charge < -0.3 is 4.90 Å². The van der Waals surface area contributed by atoms with Gasteiger partial charge in [-0.1, -0.05) is 23.2 Å². The highest BCUT2D eigenvalue weighted by molar-refractivity contribution is 6.35. The Morgan fingerprint density at radius 1 is 1.00 bits per heavy atom. The molecular formula is C17H18Cl2N2. The molecule has 1 aromatic carbocycles. The molecule has 3 aliphatic heterocycles. The molecule has 4 bridgehead atoms. The quantitative estimate of drug-likeness (QED) is 0.653. The van der Waals surface area contributed by atoms with Gasteiger partial charge in [-0.05, 0) is 56.1 Å². The van der Waals surface area contributed by atoms with Crippen LogP contribution >= 0.6 is 23.2 Å². The number of amidine groups is 1. The lowest BCUT2D eigenvalue weighted by atomic mass is 9.68. The zero-order chi connectivity index (χ0) is 14.1. The second-order valence-electron chi connectivity index (χ2n) is 7.24. The highest BCUT2D eigenvalue weighted by Crippen LogP contribution is 2.50. The van der Waals surface area contributed by atoms with Gasteiger partial charge in [0.25, 0.3) is 0 Å².